The van der Waals surface area contributed by atoms with Crippen LogP contribution >= 0.6 is 23.1 Å². The zero-order chi connectivity index (χ0) is 18.0. The van der Waals surface area contributed by atoms with Crippen molar-refractivity contribution in [3.63, 3.8) is 0 Å². The fourth-order valence-electron chi connectivity index (χ4n) is 2.96. The van der Waals surface area contributed by atoms with Crippen LogP contribution < -0.4 is 5.32 Å². The Labute approximate surface area is 157 Å². The molecular formula is C18H27N3O2S2. The quantitative estimate of drug-likeness (QED) is 0.553. The minimum absolute atomic E-state index is 0.127. The Hall–Kier alpha value is -0.890. The third kappa shape index (κ3) is 3.94. The summed E-state index contributed by atoms with van der Waals surface area (Å²) in [6.07, 6.45) is 2.21. The molecular weight excluding hydrogens is 354 g/mol. The summed E-state index contributed by atoms with van der Waals surface area (Å²) in [6.45, 7) is 9.58. The monoisotopic (exact) mass is 381 g/mol. The molecule has 0 saturated heterocycles. The van der Waals surface area contributed by atoms with Gasteiger partial charge in [0.15, 0.2) is 5.16 Å². The molecule has 3 heterocycles. The molecule has 7 heteroatoms. The van der Waals surface area contributed by atoms with Crippen molar-refractivity contribution in [1.29, 1.82) is 0 Å². The van der Waals surface area contributed by atoms with E-state index in [0.29, 0.717) is 13.2 Å². The molecule has 0 amide bonds. The van der Waals surface area contributed by atoms with E-state index in [1.165, 1.54) is 10.4 Å². The predicted octanol–water partition coefficient (Wildman–Crippen LogP) is 4.23. The van der Waals surface area contributed by atoms with Crippen LogP contribution in [0.1, 0.15) is 51.0 Å². The maximum atomic E-state index is 9.95. The minimum atomic E-state index is -0.369. The summed E-state index contributed by atoms with van der Waals surface area (Å²) >= 11 is 3.36. The Balaban J connectivity index is 2.05. The van der Waals surface area contributed by atoms with Crippen LogP contribution in [0.2, 0.25) is 0 Å². The number of hydrogen-bond donors (Lipinski definition) is 2. The van der Waals surface area contributed by atoms with E-state index in [1.54, 1.807) is 23.1 Å². The number of nitrogens with zero attached hydrogens (tertiary/aromatic N) is 2. The molecule has 0 bridgehead atoms. The SMILES string of the molecule is CCSc1nc(NC[C@H](O)CC)c2c3c(sc2n1)CO[C@](C)(CC)C3. The lowest BCUT2D eigenvalue weighted by atomic mass is 9.90. The summed E-state index contributed by atoms with van der Waals surface area (Å²) in [5, 5.41) is 15.2. The van der Waals surface area contributed by atoms with Gasteiger partial charge >= 0.3 is 0 Å². The van der Waals surface area contributed by atoms with Crippen LogP contribution in [0.3, 0.4) is 0 Å². The van der Waals surface area contributed by atoms with Gasteiger partial charge in [-0.15, -0.1) is 11.3 Å². The van der Waals surface area contributed by atoms with Crippen LogP contribution in [0.15, 0.2) is 5.16 Å². The van der Waals surface area contributed by atoms with Crippen molar-refractivity contribution >= 4 is 39.1 Å². The molecule has 2 N–H and O–H groups in total. The van der Waals surface area contributed by atoms with E-state index in [2.05, 4.69) is 26.1 Å². The first kappa shape index (κ1) is 18.9. The molecule has 0 spiro atoms. The third-order valence-electron chi connectivity index (χ3n) is 4.81. The fraction of sp³-hybridized carbons (Fsp3) is 0.667. The molecule has 3 rings (SSSR count). The Morgan fingerprint density at radius 1 is 1.36 bits per heavy atom. The van der Waals surface area contributed by atoms with Crippen LogP contribution in [0.25, 0.3) is 10.2 Å². The smallest absolute Gasteiger partial charge is 0.190 e. The molecule has 1 aliphatic heterocycles. The lowest BCUT2D eigenvalue weighted by Crippen LogP contribution is -2.34. The number of ether oxygens (including phenoxy) is 1. The van der Waals surface area contributed by atoms with Gasteiger partial charge in [-0.05, 0) is 31.1 Å². The molecule has 5 nitrogen and oxygen atoms in total. The van der Waals surface area contributed by atoms with E-state index in [1.807, 2.05) is 6.92 Å². The number of nitrogens with one attached hydrogen (secondary N) is 1. The van der Waals surface area contributed by atoms with Gasteiger partial charge in [0.2, 0.25) is 0 Å². The number of rotatable bonds is 7. The lowest BCUT2D eigenvalue weighted by molar-refractivity contribution is -0.0542. The highest BCUT2D eigenvalue weighted by Gasteiger charge is 2.33. The van der Waals surface area contributed by atoms with Crippen molar-refractivity contribution < 1.29 is 9.84 Å². The van der Waals surface area contributed by atoms with E-state index in [0.717, 1.165) is 46.2 Å². The van der Waals surface area contributed by atoms with Gasteiger partial charge in [0.25, 0.3) is 0 Å². The van der Waals surface area contributed by atoms with E-state index >= 15 is 0 Å². The lowest BCUT2D eigenvalue weighted by Gasteiger charge is -2.33. The van der Waals surface area contributed by atoms with Crippen LogP contribution in [0, 0.1) is 0 Å². The molecule has 0 unspecified atom stereocenters. The topological polar surface area (TPSA) is 67.3 Å². The number of anilines is 1. The van der Waals surface area contributed by atoms with Crippen molar-refractivity contribution in [2.45, 2.75) is 70.4 Å². The predicted molar refractivity (Wildman–Crippen MR) is 106 cm³/mol. The van der Waals surface area contributed by atoms with E-state index in [4.69, 9.17) is 14.7 Å². The molecule has 1 aliphatic rings. The molecule has 2 aromatic heterocycles. The van der Waals surface area contributed by atoms with Gasteiger partial charge < -0.3 is 15.2 Å². The average Bonchev–Trinajstić information content (AvgIpc) is 2.97. The van der Waals surface area contributed by atoms with E-state index < -0.39 is 0 Å². The van der Waals surface area contributed by atoms with Gasteiger partial charge in [0, 0.05) is 17.8 Å². The van der Waals surface area contributed by atoms with Gasteiger partial charge in [-0.3, -0.25) is 0 Å². The Bertz CT molecular complexity index is 749. The summed E-state index contributed by atoms with van der Waals surface area (Å²) in [6, 6.07) is 0. The highest BCUT2D eigenvalue weighted by molar-refractivity contribution is 7.99. The Morgan fingerprint density at radius 3 is 2.84 bits per heavy atom. The molecule has 25 heavy (non-hydrogen) atoms. The Kier molecular flexibility index (Phi) is 5.88. The second-order valence-corrected chi connectivity index (χ2v) is 9.00. The summed E-state index contributed by atoms with van der Waals surface area (Å²) in [5.74, 6) is 1.79. The fourth-order valence-corrected chi connectivity index (χ4v) is 4.69. The number of hydrogen-bond acceptors (Lipinski definition) is 7. The van der Waals surface area contributed by atoms with Gasteiger partial charge in [-0.2, -0.15) is 0 Å². The van der Waals surface area contributed by atoms with Crippen LogP contribution in [-0.4, -0.2) is 39.1 Å². The number of aromatic nitrogens is 2. The first-order valence-electron chi connectivity index (χ1n) is 9.00. The molecule has 2 aromatic rings. The normalized spacial score (nSPS) is 21.3. The first-order chi connectivity index (χ1) is 12.0. The minimum Gasteiger partial charge on any atom is -0.391 e. The molecule has 138 valence electrons. The van der Waals surface area contributed by atoms with Gasteiger partial charge in [0.05, 0.1) is 23.7 Å². The second-order valence-electron chi connectivity index (χ2n) is 6.68. The molecule has 2 atom stereocenters. The first-order valence-corrected chi connectivity index (χ1v) is 10.8. The number of aliphatic hydroxyl groups excluding tert-OH is 1. The molecule has 0 saturated carbocycles. The van der Waals surface area contributed by atoms with E-state index in [9.17, 15) is 5.11 Å². The summed E-state index contributed by atoms with van der Waals surface area (Å²) in [7, 11) is 0. The Morgan fingerprint density at radius 2 is 2.16 bits per heavy atom. The van der Waals surface area contributed by atoms with Crippen molar-refractivity contribution in [2.75, 3.05) is 17.6 Å². The van der Waals surface area contributed by atoms with Crippen molar-refractivity contribution in [1.82, 2.24) is 9.97 Å². The summed E-state index contributed by atoms with van der Waals surface area (Å²) < 4.78 is 6.10. The highest BCUT2D eigenvalue weighted by atomic mass is 32.2. The number of thioether (sulfide) groups is 1. The largest absolute Gasteiger partial charge is 0.391 e. The zero-order valence-corrected chi connectivity index (χ0v) is 17.0. The zero-order valence-electron chi connectivity index (χ0n) is 15.4. The standard InChI is InChI=1S/C18H27N3O2S2/c1-5-11(22)9-19-15-14-12-8-18(4,6-2)23-10-13(12)25-16(14)21-17(20-15)24-7-3/h11,22H,5-10H2,1-4H3,(H,19,20,21)/t11-,18-/m1/s1. The number of fused-ring (bicyclic) bond motifs is 3. The number of aliphatic hydroxyl groups is 1. The maximum Gasteiger partial charge on any atom is 0.190 e. The second kappa shape index (κ2) is 7.78. The third-order valence-corrected chi connectivity index (χ3v) is 6.64. The van der Waals surface area contributed by atoms with Gasteiger partial charge in [-0.25, -0.2) is 9.97 Å². The van der Waals surface area contributed by atoms with Crippen molar-refractivity contribution in [3.05, 3.63) is 10.4 Å². The van der Waals surface area contributed by atoms with Crippen molar-refractivity contribution in [3.8, 4) is 0 Å². The molecule has 0 radical (unpaired) electrons. The summed E-state index contributed by atoms with van der Waals surface area (Å²) in [5.41, 5.74) is 1.19. The summed E-state index contributed by atoms with van der Waals surface area (Å²) in [4.78, 5) is 11.8. The van der Waals surface area contributed by atoms with Crippen LogP contribution in [0.5, 0.6) is 0 Å². The maximum absolute atomic E-state index is 9.95. The molecule has 0 aromatic carbocycles. The van der Waals surface area contributed by atoms with Crippen molar-refractivity contribution in [2.24, 2.45) is 0 Å². The van der Waals surface area contributed by atoms with Gasteiger partial charge in [-0.1, -0.05) is 32.5 Å². The van der Waals surface area contributed by atoms with Gasteiger partial charge in [0.1, 0.15) is 10.6 Å². The van der Waals surface area contributed by atoms with Crippen LogP contribution in [0.4, 0.5) is 5.82 Å². The highest BCUT2D eigenvalue weighted by Crippen LogP contribution is 2.42. The molecule has 0 aliphatic carbocycles. The molecule has 0 fully saturated rings. The number of thiophene rings is 1. The van der Waals surface area contributed by atoms with E-state index in [-0.39, 0.29) is 11.7 Å². The van der Waals surface area contributed by atoms with Crippen LogP contribution in [-0.2, 0) is 17.8 Å². The average molecular weight is 382 g/mol.